The molecule has 102 valence electrons. The van der Waals surface area contributed by atoms with E-state index in [0.29, 0.717) is 21.1 Å². The van der Waals surface area contributed by atoms with Crippen molar-refractivity contribution in [1.29, 1.82) is 0 Å². The maximum atomic E-state index is 10.3. The van der Waals surface area contributed by atoms with Crippen molar-refractivity contribution in [3.63, 3.8) is 0 Å². The van der Waals surface area contributed by atoms with Gasteiger partial charge in [-0.15, -0.1) is 5.10 Å². The van der Waals surface area contributed by atoms with E-state index in [1.807, 2.05) is 0 Å². The molecule has 1 aromatic carbocycles. The summed E-state index contributed by atoms with van der Waals surface area (Å²) in [4.78, 5) is 0. The van der Waals surface area contributed by atoms with Crippen molar-refractivity contribution in [2.45, 2.75) is 19.1 Å². The van der Waals surface area contributed by atoms with E-state index in [0.717, 1.165) is 0 Å². The topological polar surface area (TPSA) is 60.2 Å². The minimum atomic E-state index is -0.853. The van der Waals surface area contributed by atoms with Crippen LogP contribution in [0.2, 0.25) is 5.02 Å². The van der Waals surface area contributed by atoms with Gasteiger partial charge in [0.05, 0.1) is 0 Å². The number of hydrogen-bond donors (Lipinski definition) is 1. The molecule has 2 aromatic rings. The lowest BCUT2D eigenvalue weighted by atomic mass is 10.1. The monoisotopic (exact) mass is 345 g/mol. The van der Waals surface area contributed by atoms with E-state index in [1.165, 1.54) is 4.68 Å². The summed E-state index contributed by atoms with van der Waals surface area (Å²) in [5.74, 6) is 0.602. The molecule has 0 bridgehead atoms. The number of benzene rings is 1. The molecule has 0 fully saturated rings. The molecule has 0 spiro atoms. The van der Waals surface area contributed by atoms with Crippen LogP contribution >= 0.6 is 27.5 Å². The molecule has 1 N–H and O–H groups in total. The van der Waals surface area contributed by atoms with Gasteiger partial charge in [-0.2, -0.15) is 0 Å². The minimum Gasteiger partial charge on any atom is -0.488 e. The first-order chi connectivity index (χ1) is 8.99. The molecule has 5 nitrogen and oxygen atoms in total. The van der Waals surface area contributed by atoms with Crippen molar-refractivity contribution < 1.29 is 9.84 Å². The maximum Gasteiger partial charge on any atom is 0.154 e. The molecule has 0 amide bonds. The first-order valence-electron chi connectivity index (χ1n) is 5.64. The lowest BCUT2D eigenvalue weighted by Crippen LogP contribution is -2.24. The van der Waals surface area contributed by atoms with E-state index < -0.39 is 12.2 Å². The smallest absolute Gasteiger partial charge is 0.154 e. The van der Waals surface area contributed by atoms with Crippen LogP contribution in [0, 0.1) is 0 Å². The Labute approximate surface area is 124 Å². The predicted octanol–water partition coefficient (Wildman–Crippen LogP) is 2.73. The third-order valence-corrected chi connectivity index (χ3v) is 3.47. The first-order valence-corrected chi connectivity index (χ1v) is 6.81. The van der Waals surface area contributed by atoms with E-state index in [-0.39, 0.29) is 0 Å². The van der Waals surface area contributed by atoms with Crippen LogP contribution in [0.3, 0.4) is 0 Å². The van der Waals surface area contributed by atoms with E-state index in [2.05, 4.69) is 26.2 Å². The second kappa shape index (κ2) is 5.90. The van der Waals surface area contributed by atoms with Crippen LogP contribution in [0.1, 0.15) is 18.7 Å². The summed E-state index contributed by atoms with van der Waals surface area (Å²) in [6, 6.07) is 7.03. The van der Waals surface area contributed by atoms with Crippen molar-refractivity contribution in [1.82, 2.24) is 15.0 Å². The van der Waals surface area contributed by atoms with E-state index >= 15 is 0 Å². The van der Waals surface area contributed by atoms with Crippen molar-refractivity contribution >= 4 is 27.5 Å². The lowest BCUT2D eigenvalue weighted by molar-refractivity contribution is 0.0408. The van der Waals surface area contributed by atoms with E-state index in [1.54, 1.807) is 38.2 Å². The highest BCUT2D eigenvalue weighted by Crippen LogP contribution is 2.26. The van der Waals surface area contributed by atoms with Crippen molar-refractivity contribution in [3.05, 3.63) is 39.6 Å². The van der Waals surface area contributed by atoms with Gasteiger partial charge in [-0.1, -0.05) is 22.9 Å². The number of hydrogen-bond acceptors (Lipinski definition) is 4. The van der Waals surface area contributed by atoms with Crippen LogP contribution in [0.25, 0.3) is 0 Å². The quantitative estimate of drug-likeness (QED) is 0.925. The summed E-state index contributed by atoms with van der Waals surface area (Å²) in [7, 11) is 1.71. The molecule has 2 unspecified atom stereocenters. The molecule has 0 saturated heterocycles. The third kappa shape index (κ3) is 3.26. The summed E-state index contributed by atoms with van der Waals surface area (Å²) >= 11 is 9.14. The highest BCUT2D eigenvalue weighted by atomic mass is 79.9. The highest BCUT2D eigenvalue weighted by molar-refractivity contribution is 9.10. The van der Waals surface area contributed by atoms with Gasteiger partial charge in [0.25, 0.3) is 0 Å². The molecule has 1 heterocycles. The number of aliphatic hydroxyl groups is 1. The molecule has 0 saturated carbocycles. The molecular weight excluding hydrogens is 334 g/mol. The number of aryl methyl sites for hydroxylation is 1. The van der Waals surface area contributed by atoms with Crippen LogP contribution in [-0.2, 0) is 7.05 Å². The van der Waals surface area contributed by atoms with E-state index in [9.17, 15) is 5.11 Å². The van der Waals surface area contributed by atoms with Crippen LogP contribution in [0.5, 0.6) is 5.75 Å². The van der Waals surface area contributed by atoms with Crippen molar-refractivity contribution in [2.24, 2.45) is 7.05 Å². The minimum absolute atomic E-state index is 0.466. The van der Waals surface area contributed by atoms with Crippen LogP contribution in [-0.4, -0.2) is 26.2 Å². The highest BCUT2D eigenvalue weighted by Gasteiger charge is 2.25. The van der Waals surface area contributed by atoms with Gasteiger partial charge < -0.3 is 9.84 Å². The van der Waals surface area contributed by atoms with E-state index in [4.69, 9.17) is 16.3 Å². The van der Waals surface area contributed by atoms with Gasteiger partial charge in [-0.3, -0.25) is 0 Å². The Bertz CT molecular complexity index is 556. The summed E-state index contributed by atoms with van der Waals surface area (Å²) in [6.45, 7) is 1.77. The zero-order valence-electron chi connectivity index (χ0n) is 10.4. The molecule has 0 aliphatic rings. The number of rotatable bonds is 4. The number of ether oxygens (including phenoxy) is 1. The Morgan fingerprint density at radius 1 is 1.47 bits per heavy atom. The normalized spacial score (nSPS) is 14.2. The Balaban J connectivity index is 2.14. The molecule has 2 rings (SSSR count). The van der Waals surface area contributed by atoms with Crippen LogP contribution in [0.15, 0.2) is 28.9 Å². The van der Waals surface area contributed by atoms with Gasteiger partial charge in [0.15, 0.2) is 4.60 Å². The molecule has 0 radical (unpaired) electrons. The molecule has 2 atom stereocenters. The van der Waals surface area contributed by atoms with Crippen LogP contribution in [0.4, 0.5) is 0 Å². The molecule has 0 aliphatic carbocycles. The summed E-state index contributed by atoms with van der Waals surface area (Å²) in [6.07, 6.45) is -1.32. The Morgan fingerprint density at radius 2 is 2.21 bits per heavy atom. The lowest BCUT2D eigenvalue weighted by Gasteiger charge is -2.20. The fourth-order valence-electron chi connectivity index (χ4n) is 1.69. The average Bonchev–Trinajstić information content (AvgIpc) is 2.68. The van der Waals surface area contributed by atoms with Crippen molar-refractivity contribution in [2.75, 3.05) is 0 Å². The number of aromatic nitrogens is 3. The first kappa shape index (κ1) is 14.3. The van der Waals surface area contributed by atoms with Crippen molar-refractivity contribution in [3.8, 4) is 5.75 Å². The molecule has 1 aromatic heterocycles. The van der Waals surface area contributed by atoms with Gasteiger partial charge in [-0.25, -0.2) is 4.68 Å². The molecular formula is C12H13BrClN3O2. The SMILES string of the molecule is CC(Oc1cccc(Cl)c1)C(O)c1c(Br)nnn1C. The van der Waals surface area contributed by atoms with Gasteiger partial charge in [0.1, 0.15) is 23.7 Å². The van der Waals surface area contributed by atoms with Gasteiger partial charge in [0, 0.05) is 12.1 Å². The number of aliphatic hydroxyl groups excluding tert-OH is 1. The third-order valence-electron chi connectivity index (χ3n) is 2.67. The fourth-order valence-corrected chi connectivity index (χ4v) is 2.44. The molecule has 0 aliphatic heterocycles. The zero-order chi connectivity index (χ0) is 14.0. The standard InChI is InChI=1S/C12H13BrClN3O2/c1-7(19-9-5-3-4-8(14)6-9)11(18)10-12(13)15-16-17(10)2/h3-7,11,18H,1-2H3. The summed E-state index contributed by atoms with van der Waals surface area (Å²) in [5, 5.41) is 18.5. The zero-order valence-corrected chi connectivity index (χ0v) is 12.8. The number of nitrogens with zero attached hydrogens (tertiary/aromatic N) is 3. The van der Waals surface area contributed by atoms with Gasteiger partial charge in [-0.05, 0) is 41.1 Å². The largest absolute Gasteiger partial charge is 0.488 e. The second-order valence-electron chi connectivity index (χ2n) is 4.11. The Kier molecular flexibility index (Phi) is 4.44. The summed E-state index contributed by atoms with van der Waals surface area (Å²) < 4.78 is 7.68. The summed E-state index contributed by atoms with van der Waals surface area (Å²) in [5.41, 5.74) is 0.564. The molecule has 7 heteroatoms. The molecule has 19 heavy (non-hydrogen) atoms. The number of halogens is 2. The fraction of sp³-hybridized carbons (Fsp3) is 0.333. The van der Waals surface area contributed by atoms with Gasteiger partial charge in [0.2, 0.25) is 0 Å². The maximum absolute atomic E-state index is 10.3. The average molecular weight is 347 g/mol. The predicted molar refractivity (Wildman–Crippen MR) is 75.2 cm³/mol. The van der Waals surface area contributed by atoms with Gasteiger partial charge >= 0.3 is 0 Å². The second-order valence-corrected chi connectivity index (χ2v) is 5.30. The Hall–Kier alpha value is -1.11. The van der Waals surface area contributed by atoms with Crippen LogP contribution < -0.4 is 4.74 Å². The Morgan fingerprint density at radius 3 is 2.79 bits per heavy atom.